The molecule has 3 rings (SSSR count). The average Bonchev–Trinajstić information content (AvgIpc) is 3.26. The molecule has 5 N–H and O–H groups in total. The summed E-state index contributed by atoms with van der Waals surface area (Å²) in [5, 5.41) is 63.5. The van der Waals surface area contributed by atoms with Crippen molar-refractivity contribution in [2.75, 3.05) is 13.7 Å². The van der Waals surface area contributed by atoms with Crippen molar-refractivity contribution in [2.45, 2.75) is 30.6 Å². The Kier molecular flexibility index (Phi) is 6.94. The number of rotatable bonds is 7. The molecule has 0 aliphatic carbocycles. The van der Waals surface area contributed by atoms with Crippen molar-refractivity contribution in [1.82, 2.24) is 20.3 Å². The smallest absolute Gasteiger partial charge is 0.273 e. The molecule has 0 radical (unpaired) electrons. The number of benzene rings is 1. The van der Waals surface area contributed by atoms with Crippen LogP contribution >= 0.6 is 0 Å². The zero-order chi connectivity index (χ0) is 23.4. The van der Waals surface area contributed by atoms with Gasteiger partial charge < -0.3 is 35.3 Å². The number of amides is 1. The van der Waals surface area contributed by atoms with Gasteiger partial charge in [0.1, 0.15) is 30.1 Å². The minimum absolute atomic E-state index is 0.00313. The number of aromatic nitrogens is 3. The zero-order valence-electron chi connectivity index (χ0n) is 16.5. The van der Waals surface area contributed by atoms with Crippen LogP contribution in [0.1, 0.15) is 22.1 Å². The van der Waals surface area contributed by atoms with Crippen molar-refractivity contribution in [3.63, 3.8) is 0 Å². The molecular weight excluding hydrogens is 432 g/mol. The maximum Gasteiger partial charge on any atom is 0.273 e. The van der Waals surface area contributed by atoms with E-state index < -0.39 is 48.1 Å². The first-order chi connectivity index (χ1) is 15.3. The summed E-state index contributed by atoms with van der Waals surface area (Å²) in [5.41, 5.74) is -0.375. The van der Waals surface area contributed by atoms with Gasteiger partial charge in [-0.25, -0.2) is 4.68 Å². The molecule has 1 aliphatic rings. The fourth-order valence-corrected chi connectivity index (χ4v) is 3.18. The van der Waals surface area contributed by atoms with E-state index in [-0.39, 0.29) is 22.7 Å². The highest BCUT2D eigenvalue weighted by Crippen LogP contribution is 2.33. The Morgan fingerprint density at radius 1 is 1.44 bits per heavy atom. The average molecular weight is 452 g/mol. The third-order valence-corrected chi connectivity index (χ3v) is 4.77. The Bertz CT molecular complexity index is 1010. The summed E-state index contributed by atoms with van der Waals surface area (Å²) in [4.78, 5) is 22.1. The normalized spacial score (nSPS) is 25.6. The predicted molar refractivity (Wildman–Crippen MR) is 103 cm³/mol. The van der Waals surface area contributed by atoms with E-state index in [9.17, 15) is 30.2 Å². The van der Waals surface area contributed by atoms with Crippen LogP contribution in [0.2, 0.25) is 0 Å². The second-order valence-corrected chi connectivity index (χ2v) is 6.70. The van der Waals surface area contributed by atoms with Crippen LogP contribution in [0.3, 0.4) is 0 Å². The van der Waals surface area contributed by atoms with Crippen LogP contribution in [0.4, 0.5) is 5.69 Å². The standard InChI is InChI=1S/C17H20N6O9/c1-18-16(27)10-6-22(21-20-10)13-14(25)12(7-24)32-17(15(13)26)31-11-3-2-9(23(29)30)4-8(11)5-19-28/h2-6,12-15,17,24-26,28H,7H2,1H3,(H,18,27)/b19-5+/t12-,13+,14+,15-,17-/m1/s1. The molecule has 15 heteroatoms. The number of aliphatic hydroxyl groups excluding tert-OH is 3. The summed E-state index contributed by atoms with van der Waals surface area (Å²) in [7, 11) is 1.39. The first kappa shape index (κ1) is 23.0. The largest absolute Gasteiger partial charge is 0.461 e. The molecule has 15 nitrogen and oxygen atoms in total. The van der Waals surface area contributed by atoms with Crippen molar-refractivity contribution >= 4 is 17.8 Å². The van der Waals surface area contributed by atoms with E-state index in [1.54, 1.807) is 0 Å². The topological polar surface area (TPSA) is 215 Å². The number of nitro groups is 1. The maximum atomic E-state index is 11.8. The first-order valence-electron chi connectivity index (χ1n) is 9.19. The van der Waals surface area contributed by atoms with E-state index in [1.807, 2.05) is 0 Å². The second-order valence-electron chi connectivity index (χ2n) is 6.70. The summed E-state index contributed by atoms with van der Waals surface area (Å²) in [5.74, 6) is -0.591. The molecule has 1 fully saturated rings. The van der Waals surface area contributed by atoms with Crippen LogP contribution in [0, 0.1) is 10.1 Å². The van der Waals surface area contributed by atoms with E-state index in [4.69, 9.17) is 14.7 Å². The van der Waals surface area contributed by atoms with Gasteiger partial charge in [0.05, 0.1) is 23.9 Å². The lowest BCUT2D eigenvalue weighted by Crippen LogP contribution is -2.57. The molecule has 0 spiro atoms. The molecule has 1 aromatic heterocycles. The van der Waals surface area contributed by atoms with E-state index in [1.165, 1.54) is 19.3 Å². The number of carbonyl (C=O) groups excluding carboxylic acids is 1. The summed E-state index contributed by atoms with van der Waals surface area (Å²) < 4.78 is 12.1. The molecule has 1 aromatic carbocycles. The molecule has 32 heavy (non-hydrogen) atoms. The highest BCUT2D eigenvalue weighted by atomic mass is 16.7. The van der Waals surface area contributed by atoms with Gasteiger partial charge in [0.25, 0.3) is 11.6 Å². The molecule has 0 saturated carbocycles. The molecule has 1 aliphatic heterocycles. The van der Waals surface area contributed by atoms with Gasteiger partial charge in [-0.15, -0.1) is 5.10 Å². The molecular formula is C17H20N6O9. The van der Waals surface area contributed by atoms with Crippen LogP contribution in [0.5, 0.6) is 5.75 Å². The Morgan fingerprint density at radius 3 is 2.81 bits per heavy atom. The van der Waals surface area contributed by atoms with Gasteiger partial charge in [0, 0.05) is 24.7 Å². The van der Waals surface area contributed by atoms with Crippen LogP contribution < -0.4 is 10.1 Å². The molecule has 0 unspecified atom stereocenters. The molecule has 2 heterocycles. The lowest BCUT2D eigenvalue weighted by atomic mass is 9.96. The minimum Gasteiger partial charge on any atom is -0.461 e. The number of nitrogens with zero attached hydrogens (tertiary/aromatic N) is 5. The van der Waals surface area contributed by atoms with Gasteiger partial charge in [0.2, 0.25) is 6.29 Å². The van der Waals surface area contributed by atoms with E-state index in [0.717, 1.165) is 23.0 Å². The van der Waals surface area contributed by atoms with Crippen LogP contribution in [0.25, 0.3) is 0 Å². The number of nitro benzene ring substituents is 1. The van der Waals surface area contributed by atoms with Gasteiger partial charge in [0.15, 0.2) is 5.69 Å². The van der Waals surface area contributed by atoms with Crippen LogP contribution in [0.15, 0.2) is 29.6 Å². The minimum atomic E-state index is -1.58. The highest BCUT2D eigenvalue weighted by Gasteiger charge is 2.47. The van der Waals surface area contributed by atoms with Crippen molar-refractivity contribution < 1.29 is 39.7 Å². The predicted octanol–water partition coefficient (Wildman–Crippen LogP) is -1.59. The fraction of sp³-hybridized carbons (Fsp3) is 0.412. The van der Waals surface area contributed by atoms with Crippen molar-refractivity contribution in [3.8, 4) is 5.75 Å². The third kappa shape index (κ3) is 4.50. The number of non-ortho nitro benzene ring substituents is 1. The molecule has 2 aromatic rings. The Hall–Kier alpha value is -3.66. The molecule has 1 saturated heterocycles. The number of hydrogen-bond donors (Lipinski definition) is 5. The number of oxime groups is 1. The van der Waals surface area contributed by atoms with E-state index in [2.05, 4.69) is 20.8 Å². The first-order valence-corrected chi connectivity index (χ1v) is 9.19. The van der Waals surface area contributed by atoms with Crippen molar-refractivity contribution in [1.29, 1.82) is 0 Å². The third-order valence-electron chi connectivity index (χ3n) is 4.77. The van der Waals surface area contributed by atoms with Gasteiger partial charge in [-0.1, -0.05) is 10.4 Å². The highest BCUT2D eigenvalue weighted by molar-refractivity contribution is 5.91. The quantitative estimate of drug-likeness (QED) is 0.140. The molecule has 5 atom stereocenters. The van der Waals surface area contributed by atoms with Crippen molar-refractivity contribution in [3.05, 3.63) is 45.8 Å². The number of carbonyl (C=O) groups is 1. The van der Waals surface area contributed by atoms with Crippen LogP contribution in [-0.4, -0.2) is 90.8 Å². The van der Waals surface area contributed by atoms with Gasteiger partial charge >= 0.3 is 0 Å². The number of aliphatic hydroxyl groups is 3. The number of hydrogen-bond acceptors (Lipinski definition) is 12. The maximum absolute atomic E-state index is 11.8. The number of ether oxygens (including phenoxy) is 2. The number of nitrogens with one attached hydrogen (secondary N) is 1. The molecule has 0 bridgehead atoms. The summed E-state index contributed by atoms with van der Waals surface area (Å²) in [6, 6.07) is 2.18. The summed E-state index contributed by atoms with van der Waals surface area (Å²) in [6.07, 6.45) is -3.65. The second kappa shape index (κ2) is 9.65. The zero-order valence-corrected chi connectivity index (χ0v) is 16.5. The van der Waals surface area contributed by atoms with Gasteiger partial charge in [-0.2, -0.15) is 0 Å². The van der Waals surface area contributed by atoms with E-state index in [0.29, 0.717) is 0 Å². The molecule has 172 valence electrons. The van der Waals surface area contributed by atoms with Crippen molar-refractivity contribution in [2.24, 2.45) is 5.16 Å². The monoisotopic (exact) mass is 452 g/mol. The summed E-state index contributed by atoms with van der Waals surface area (Å²) >= 11 is 0. The van der Waals surface area contributed by atoms with Gasteiger partial charge in [-0.05, 0) is 6.07 Å². The van der Waals surface area contributed by atoms with E-state index >= 15 is 0 Å². The Labute approximate surface area is 179 Å². The molecule has 1 amide bonds. The Morgan fingerprint density at radius 2 is 2.19 bits per heavy atom. The Balaban J connectivity index is 1.93. The van der Waals surface area contributed by atoms with Gasteiger partial charge in [-0.3, -0.25) is 14.9 Å². The lowest BCUT2D eigenvalue weighted by molar-refractivity contribution is -0.384. The summed E-state index contributed by atoms with van der Waals surface area (Å²) in [6.45, 7) is -0.646. The lowest BCUT2D eigenvalue weighted by Gasteiger charge is -2.41. The SMILES string of the molecule is CNC(=O)c1cn([C@H]2[C@@H](O)[C@@H](CO)O[C@@H](Oc3ccc([N+](=O)[O-])cc3/C=N/O)[C@@H]2O)nn1. The van der Waals surface area contributed by atoms with Crippen LogP contribution in [-0.2, 0) is 4.74 Å². The fourth-order valence-electron chi connectivity index (χ4n) is 3.18.